The molecule has 0 aliphatic heterocycles. The molecule has 2 aromatic carbocycles. The molecule has 1 aromatic heterocycles. The number of nitrogens with one attached hydrogen (secondary N) is 1. The van der Waals surface area contributed by atoms with Crippen LogP contribution in [0, 0.1) is 5.82 Å². The summed E-state index contributed by atoms with van der Waals surface area (Å²) < 4.78 is 23.9. The second-order valence-corrected chi connectivity index (χ2v) is 5.88. The normalized spacial score (nSPS) is 10.8. The van der Waals surface area contributed by atoms with Gasteiger partial charge in [0, 0.05) is 10.9 Å². The van der Waals surface area contributed by atoms with Crippen LogP contribution in [0.5, 0.6) is 11.5 Å². The summed E-state index contributed by atoms with van der Waals surface area (Å²) in [5.41, 5.74) is 5.03. The Balaban J connectivity index is 1.71. The number of benzene rings is 2. The molecule has 0 aliphatic carbocycles. The fourth-order valence-electron chi connectivity index (χ4n) is 2.18. The molecular weight excluding hydrogens is 341 g/mol. The quantitative estimate of drug-likeness (QED) is 0.524. The zero-order valence-electron chi connectivity index (χ0n) is 13.7. The Hall–Kier alpha value is -2.93. The molecule has 1 heterocycles. The molecule has 5 nitrogen and oxygen atoms in total. The summed E-state index contributed by atoms with van der Waals surface area (Å²) in [5.74, 6) is 1.02. The lowest BCUT2D eigenvalue weighted by Gasteiger charge is -2.05. The van der Waals surface area contributed by atoms with Gasteiger partial charge in [-0.3, -0.25) is 5.43 Å². The van der Waals surface area contributed by atoms with E-state index in [0.29, 0.717) is 22.1 Å². The number of thiazole rings is 1. The molecule has 0 fully saturated rings. The van der Waals surface area contributed by atoms with E-state index in [2.05, 4.69) is 15.5 Å². The van der Waals surface area contributed by atoms with E-state index in [-0.39, 0.29) is 5.82 Å². The second kappa shape index (κ2) is 7.76. The van der Waals surface area contributed by atoms with Crippen molar-refractivity contribution in [1.29, 1.82) is 0 Å². The highest BCUT2D eigenvalue weighted by Gasteiger charge is 2.11. The van der Waals surface area contributed by atoms with Gasteiger partial charge >= 0.3 is 0 Å². The molecule has 0 radical (unpaired) electrons. The number of halogens is 1. The summed E-state index contributed by atoms with van der Waals surface area (Å²) in [6, 6.07) is 11.9. The number of nitrogens with zero attached hydrogens (tertiary/aromatic N) is 2. The van der Waals surface area contributed by atoms with Crippen molar-refractivity contribution in [2.45, 2.75) is 0 Å². The third kappa shape index (κ3) is 4.13. The van der Waals surface area contributed by atoms with Crippen molar-refractivity contribution in [2.75, 3.05) is 19.6 Å². The van der Waals surface area contributed by atoms with Crippen molar-refractivity contribution in [3.8, 4) is 22.8 Å². The van der Waals surface area contributed by atoms with Crippen LogP contribution in [0.4, 0.5) is 9.52 Å². The number of hydrogen-bond acceptors (Lipinski definition) is 6. The van der Waals surface area contributed by atoms with Crippen LogP contribution in [0.2, 0.25) is 0 Å². The minimum absolute atomic E-state index is 0.337. The first-order valence-electron chi connectivity index (χ1n) is 7.42. The van der Waals surface area contributed by atoms with Crippen molar-refractivity contribution >= 4 is 22.7 Å². The van der Waals surface area contributed by atoms with Gasteiger partial charge in [0.1, 0.15) is 17.3 Å². The minimum atomic E-state index is -0.337. The number of aromatic nitrogens is 1. The number of hydrazone groups is 1. The summed E-state index contributed by atoms with van der Waals surface area (Å²) in [6.45, 7) is 0. The lowest BCUT2D eigenvalue weighted by atomic mass is 10.1. The lowest BCUT2D eigenvalue weighted by molar-refractivity contribution is 0.415. The second-order valence-electron chi connectivity index (χ2n) is 5.03. The maximum absolute atomic E-state index is 13.5. The van der Waals surface area contributed by atoms with E-state index in [1.165, 1.54) is 23.5 Å². The molecule has 0 aliphatic rings. The first-order chi connectivity index (χ1) is 12.2. The van der Waals surface area contributed by atoms with Crippen LogP contribution in [-0.4, -0.2) is 25.4 Å². The molecule has 0 saturated carbocycles. The third-order valence-electron chi connectivity index (χ3n) is 3.43. The van der Waals surface area contributed by atoms with Crippen molar-refractivity contribution in [3.05, 3.63) is 59.2 Å². The summed E-state index contributed by atoms with van der Waals surface area (Å²) in [6.07, 6.45) is 1.68. The smallest absolute Gasteiger partial charge is 0.203 e. The van der Waals surface area contributed by atoms with Crippen molar-refractivity contribution in [1.82, 2.24) is 4.98 Å². The molecule has 1 N–H and O–H groups in total. The van der Waals surface area contributed by atoms with Crippen LogP contribution in [0.15, 0.2) is 52.9 Å². The van der Waals surface area contributed by atoms with E-state index in [4.69, 9.17) is 9.47 Å². The van der Waals surface area contributed by atoms with Gasteiger partial charge in [0.25, 0.3) is 0 Å². The Morgan fingerprint density at radius 2 is 1.92 bits per heavy atom. The van der Waals surface area contributed by atoms with Crippen LogP contribution in [0.3, 0.4) is 0 Å². The van der Waals surface area contributed by atoms with Gasteiger partial charge in [0.15, 0.2) is 0 Å². The van der Waals surface area contributed by atoms with Crippen molar-refractivity contribution in [3.63, 3.8) is 0 Å². The Morgan fingerprint density at radius 1 is 1.12 bits per heavy atom. The molecule has 7 heteroatoms. The van der Waals surface area contributed by atoms with Gasteiger partial charge in [-0.05, 0) is 48.0 Å². The maximum Gasteiger partial charge on any atom is 0.203 e. The molecule has 0 saturated heterocycles. The lowest BCUT2D eigenvalue weighted by Crippen LogP contribution is -1.92. The van der Waals surface area contributed by atoms with E-state index in [9.17, 15) is 4.39 Å². The highest BCUT2D eigenvalue weighted by Crippen LogP contribution is 2.32. The van der Waals surface area contributed by atoms with Crippen molar-refractivity contribution in [2.24, 2.45) is 5.10 Å². The van der Waals surface area contributed by atoms with Gasteiger partial charge < -0.3 is 9.47 Å². The Morgan fingerprint density at radius 3 is 2.64 bits per heavy atom. The summed E-state index contributed by atoms with van der Waals surface area (Å²) in [4.78, 5) is 4.42. The van der Waals surface area contributed by atoms with E-state index in [1.54, 1.807) is 26.5 Å². The minimum Gasteiger partial charge on any atom is -0.497 e. The maximum atomic E-state index is 13.5. The number of ether oxygens (including phenoxy) is 2. The Kier molecular flexibility index (Phi) is 5.25. The molecule has 0 amide bonds. The van der Waals surface area contributed by atoms with E-state index in [1.807, 2.05) is 29.6 Å². The van der Waals surface area contributed by atoms with Crippen LogP contribution in [0.25, 0.3) is 11.3 Å². The average molecular weight is 357 g/mol. The number of methoxy groups -OCH3 is 2. The molecule has 25 heavy (non-hydrogen) atoms. The zero-order chi connectivity index (χ0) is 17.6. The van der Waals surface area contributed by atoms with Crippen LogP contribution in [-0.2, 0) is 0 Å². The molecule has 3 aromatic rings. The van der Waals surface area contributed by atoms with E-state index < -0.39 is 0 Å². The Labute approximate surface area is 148 Å². The largest absolute Gasteiger partial charge is 0.497 e. The van der Waals surface area contributed by atoms with Gasteiger partial charge in [-0.1, -0.05) is 0 Å². The zero-order valence-corrected chi connectivity index (χ0v) is 14.5. The fraction of sp³-hybridized carbons (Fsp3) is 0.111. The van der Waals surface area contributed by atoms with Gasteiger partial charge in [0.05, 0.1) is 26.1 Å². The summed E-state index contributed by atoms with van der Waals surface area (Å²) in [5, 5.41) is 6.59. The van der Waals surface area contributed by atoms with Crippen LogP contribution >= 0.6 is 11.3 Å². The molecule has 128 valence electrons. The number of hydrogen-bond donors (Lipinski definition) is 1. The molecule has 0 bridgehead atoms. The average Bonchev–Trinajstić information content (AvgIpc) is 3.11. The van der Waals surface area contributed by atoms with E-state index >= 15 is 0 Å². The number of anilines is 1. The van der Waals surface area contributed by atoms with Gasteiger partial charge in [-0.25, -0.2) is 9.37 Å². The van der Waals surface area contributed by atoms with Crippen molar-refractivity contribution < 1.29 is 13.9 Å². The van der Waals surface area contributed by atoms with E-state index in [0.717, 1.165) is 11.3 Å². The summed E-state index contributed by atoms with van der Waals surface area (Å²) >= 11 is 1.38. The molecule has 0 spiro atoms. The van der Waals surface area contributed by atoms with Gasteiger partial charge in [-0.15, -0.1) is 11.3 Å². The SMILES string of the molecule is COc1ccc(/C=N/Nc2nc(-c3cc(F)ccc3OC)cs2)cc1. The summed E-state index contributed by atoms with van der Waals surface area (Å²) in [7, 11) is 3.17. The third-order valence-corrected chi connectivity index (χ3v) is 4.18. The number of rotatable bonds is 6. The fourth-order valence-corrected chi connectivity index (χ4v) is 2.84. The first-order valence-corrected chi connectivity index (χ1v) is 8.30. The highest BCUT2D eigenvalue weighted by atomic mass is 32.1. The molecule has 3 rings (SSSR count). The molecule has 0 unspecified atom stereocenters. The monoisotopic (exact) mass is 357 g/mol. The molecular formula is C18H16FN3O2S. The predicted octanol–water partition coefficient (Wildman–Crippen LogP) is 4.41. The molecule has 0 atom stereocenters. The van der Waals surface area contributed by atoms with Crippen LogP contribution in [0.1, 0.15) is 5.56 Å². The van der Waals surface area contributed by atoms with Crippen LogP contribution < -0.4 is 14.9 Å². The highest BCUT2D eigenvalue weighted by molar-refractivity contribution is 7.14. The first kappa shape index (κ1) is 16.9. The Bertz CT molecular complexity index is 878. The van der Waals surface area contributed by atoms with Gasteiger partial charge in [0.2, 0.25) is 5.13 Å². The van der Waals surface area contributed by atoms with Gasteiger partial charge in [-0.2, -0.15) is 5.10 Å². The topological polar surface area (TPSA) is 55.7 Å². The standard InChI is InChI=1S/C18H16FN3O2S/c1-23-14-6-3-12(4-7-14)10-20-22-18-21-16(11-25-18)15-9-13(19)5-8-17(15)24-2/h3-11H,1-2H3,(H,21,22)/b20-10+. The predicted molar refractivity (Wildman–Crippen MR) is 98.3 cm³/mol.